The Bertz CT molecular complexity index is 964. The van der Waals surface area contributed by atoms with Gasteiger partial charge in [0.25, 0.3) is 0 Å². The number of unbranched alkanes of at least 4 members (excludes halogenated alkanes) is 5. The second kappa shape index (κ2) is 15.3. The summed E-state index contributed by atoms with van der Waals surface area (Å²) in [5.41, 5.74) is 0.364. The number of hydrogen-bond acceptors (Lipinski definition) is 7. The van der Waals surface area contributed by atoms with Crippen molar-refractivity contribution in [2.24, 2.45) is 0 Å². The van der Waals surface area contributed by atoms with Crippen LogP contribution in [0.15, 0.2) is 48.5 Å². The maximum absolute atomic E-state index is 12.2. The summed E-state index contributed by atoms with van der Waals surface area (Å²) in [7, 11) is 0. The van der Waals surface area contributed by atoms with Gasteiger partial charge in [0, 0.05) is 12.8 Å². The molecule has 1 N–H and O–H groups in total. The molecule has 35 heavy (non-hydrogen) atoms. The lowest BCUT2D eigenvalue weighted by Gasteiger charge is -2.07. The monoisotopic (exact) mass is 484 g/mol. The van der Waals surface area contributed by atoms with Gasteiger partial charge in [-0.3, -0.25) is 9.59 Å². The molecule has 0 radical (unpaired) electrons. The molecule has 0 aliphatic carbocycles. The molecular formula is C27H32O8. The van der Waals surface area contributed by atoms with Crippen LogP contribution in [0.1, 0.15) is 85.4 Å². The number of benzene rings is 2. The van der Waals surface area contributed by atoms with E-state index >= 15 is 0 Å². The molecule has 0 heterocycles. The minimum Gasteiger partial charge on any atom is -0.478 e. The first-order valence-corrected chi connectivity index (χ1v) is 11.9. The highest BCUT2D eigenvalue weighted by Gasteiger charge is 2.11. The predicted molar refractivity (Wildman–Crippen MR) is 129 cm³/mol. The van der Waals surface area contributed by atoms with Crippen molar-refractivity contribution in [3.63, 3.8) is 0 Å². The number of aromatic carboxylic acids is 1. The number of carboxylic acid groups (broad SMARTS) is 1. The average molecular weight is 485 g/mol. The lowest BCUT2D eigenvalue weighted by Crippen LogP contribution is -2.10. The Morgan fingerprint density at radius 2 is 1.14 bits per heavy atom. The topological polar surface area (TPSA) is 116 Å². The van der Waals surface area contributed by atoms with Gasteiger partial charge >= 0.3 is 23.9 Å². The number of carbonyl (C=O) groups is 4. The van der Waals surface area contributed by atoms with E-state index < -0.39 is 11.9 Å². The normalized spacial score (nSPS) is 10.4. The van der Waals surface area contributed by atoms with E-state index in [1.54, 1.807) is 0 Å². The van der Waals surface area contributed by atoms with E-state index in [0.717, 1.165) is 44.9 Å². The summed E-state index contributed by atoms with van der Waals surface area (Å²) in [6, 6.07) is 11.5. The van der Waals surface area contributed by atoms with Crippen LogP contribution in [0.4, 0.5) is 0 Å². The molecule has 0 bridgehead atoms. The zero-order valence-electron chi connectivity index (χ0n) is 20.0. The number of carbonyl (C=O) groups excluding carboxylic acids is 3. The predicted octanol–water partition coefficient (Wildman–Crippen LogP) is 5.58. The number of esters is 3. The Labute approximate surface area is 205 Å². The van der Waals surface area contributed by atoms with Crippen molar-refractivity contribution in [3.05, 3.63) is 59.7 Å². The standard InChI is InChI=1S/C27H32O8/c1-2-19-33-24(28)9-7-5-3-4-6-8-10-25(29)34-22-17-13-21(14-18-22)27(32)35-23-15-11-20(12-16-23)26(30)31/h11-18H,2-10,19H2,1H3,(H,30,31). The fourth-order valence-electron chi connectivity index (χ4n) is 3.21. The van der Waals surface area contributed by atoms with Crippen molar-refractivity contribution in [2.45, 2.75) is 64.7 Å². The largest absolute Gasteiger partial charge is 0.478 e. The van der Waals surface area contributed by atoms with Crippen molar-refractivity contribution in [2.75, 3.05) is 6.61 Å². The van der Waals surface area contributed by atoms with Crippen molar-refractivity contribution in [1.29, 1.82) is 0 Å². The number of hydrogen-bond donors (Lipinski definition) is 1. The second-order valence-corrected chi connectivity index (χ2v) is 8.06. The highest BCUT2D eigenvalue weighted by molar-refractivity contribution is 5.91. The molecule has 0 aliphatic rings. The summed E-state index contributed by atoms with van der Waals surface area (Å²) in [6.45, 7) is 2.45. The summed E-state index contributed by atoms with van der Waals surface area (Å²) < 4.78 is 15.6. The van der Waals surface area contributed by atoms with Crippen molar-refractivity contribution < 1.29 is 38.5 Å². The zero-order valence-corrected chi connectivity index (χ0v) is 20.0. The third kappa shape index (κ3) is 10.9. The summed E-state index contributed by atoms with van der Waals surface area (Å²) in [4.78, 5) is 46.6. The molecule has 0 fully saturated rings. The van der Waals surface area contributed by atoms with Crippen LogP contribution in [0.2, 0.25) is 0 Å². The molecule has 8 nitrogen and oxygen atoms in total. The van der Waals surface area contributed by atoms with Crippen LogP contribution in [-0.2, 0) is 14.3 Å². The van der Waals surface area contributed by atoms with Gasteiger partial charge in [0.1, 0.15) is 11.5 Å². The molecule has 0 saturated heterocycles. The first-order valence-electron chi connectivity index (χ1n) is 11.9. The van der Waals surface area contributed by atoms with Gasteiger partial charge in [0.15, 0.2) is 0 Å². The van der Waals surface area contributed by atoms with Gasteiger partial charge in [-0.05, 0) is 67.8 Å². The molecule has 188 valence electrons. The molecule has 0 spiro atoms. The number of carboxylic acids is 1. The van der Waals surface area contributed by atoms with Gasteiger partial charge < -0.3 is 19.3 Å². The van der Waals surface area contributed by atoms with Gasteiger partial charge in [-0.25, -0.2) is 9.59 Å². The maximum atomic E-state index is 12.2. The highest BCUT2D eigenvalue weighted by Crippen LogP contribution is 2.18. The lowest BCUT2D eigenvalue weighted by molar-refractivity contribution is -0.143. The minimum absolute atomic E-state index is 0.0948. The van der Waals surface area contributed by atoms with Crippen LogP contribution in [0.3, 0.4) is 0 Å². The zero-order chi connectivity index (χ0) is 25.5. The Hall–Kier alpha value is -3.68. The molecule has 0 amide bonds. The molecule has 2 aromatic rings. The smallest absolute Gasteiger partial charge is 0.343 e. The van der Waals surface area contributed by atoms with Crippen LogP contribution < -0.4 is 9.47 Å². The van der Waals surface area contributed by atoms with E-state index in [4.69, 9.17) is 19.3 Å². The summed E-state index contributed by atoms with van der Waals surface area (Å²) >= 11 is 0. The SMILES string of the molecule is CCCOC(=O)CCCCCCCCC(=O)Oc1ccc(C(=O)Oc2ccc(C(=O)O)cc2)cc1. The number of ether oxygens (including phenoxy) is 3. The minimum atomic E-state index is -1.06. The summed E-state index contributed by atoms with van der Waals surface area (Å²) in [5.74, 6) is -1.57. The van der Waals surface area contributed by atoms with Crippen LogP contribution in [0.5, 0.6) is 11.5 Å². The van der Waals surface area contributed by atoms with Crippen LogP contribution in [0, 0.1) is 0 Å². The van der Waals surface area contributed by atoms with Crippen molar-refractivity contribution >= 4 is 23.9 Å². The van der Waals surface area contributed by atoms with Gasteiger partial charge in [0.2, 0.25) is 0 Å². The Morgan fingerprint density at radius 3 is 1.69 bits per heavy atom. The van der Waals surface area contributed by atoms with Crippen molar-refractivity contribution in [1.82, 2.24) is 0 Å². The molecule has 0 aliphatic heterocycles. The van der Waals surface area contributed by atoms with E-state index in [-0.39, 0.29) is 28.8 Å². The van der Waals surface area contributed by atoms with E-state index in [2.05, 4.69) is 0 Å². The van der Waals surface area contributed by atoms with Gasteiger partial charge in [-0.2, -0.15) is 0 Å². The average Bonchev–Trinajstić information content (AvgIpc) is 2.85. The van der Waals surface area contributed by atoms with E-state index in [9.17, 15) is 19.2 Å². The molecule has 8 heteroatoms. The Balaban J connectivity index is 1.61. The molecule has 2 rings (SSSR count). The molecular weight excluding hydrogens is 452 g/mol. The Kier molecular flexibility index (Phi) is 12.0. The third-order valence-electron chi connectivity index (χ3n) is 5.11. The van der Waals surface area contributed by atoms with Gasteiger partial charge in [0.05, 0.1) is 17.7 Å². The molecule has 0 saturated carbocycles. The first kappa shape index (κ1) is 27.6. The van der Waals surface area contributed by atoms with E-state index in [1.807, 2.05) is 6.92 Å². The maximum Gasteiger partial charge on any atom is 0.343 e. The van der Waals surface area contributed by atoms with Crippen LogP contribution in [-0.4, -0.2) is 35.6 Å². The molecule has 0 aromatic heterocycles. The number of rotatable bonds is 15. The van der Waals surface area contributed by atoms with E-state index in [0.29, 0.717) is 25.2 Å². The second-order valence-electron chi connectivity index (χ2n) is 8.06. The highest BCUT2D eigenvalue weighted by atomic mass is 16.5. The molecule has 0 atom stereocenters. The van der Waals surface area contributed by atoms with Crippen LogP contribution >= 0.6 is 0 Å². The Morgan fingerprint density at radius 1 is 0.657 bits per heavy atom. The van der Waals surface area contributed by atoms with Gasteiger partial charge in [-0.15, -0.1) is 0 Å². The van der Waals surface area contributed by atoms with E-state index in [1.165, 1.54) is 48.5 Å². The summed E-state index contributed by atoms with van der Waals surface area (Å²) in [6.07, 6.45) is 7.03. The first-order chi connectivity index (χ1) is 16.9. The molecule has 2 aromatic carbocycles. The van der Waals surface area contributed by atoms with Crippen molar-refractivity contribution in [3.8, 4) is 11.5 Å². The quantitative estimate of drug-likeness (QED) is 0.198. The van der Waals surface area contributed by atoms with Gasteiger partial charge in [-0.1, -0.05) is 32.6 Å². The fourth-order valence-corrected chi connectivity index (χ4v) is 3.21. The lowest BCUT2D eigenvalue weighted by atomic mass is 10.1. The third-order valence-corrected chi connectivity index (χ3v) is 5.11. The van der Waals surface area contributed by atoms with Crippen LogP contribution in [0.25, 0.3) is 0 Å². The molecule has 0 unspecified atom stereocenters. The summed E-state index contributed by atoms with van der Waals surface area (Å²) in [5, 5.41) is 8.90. The fraction of sp³-hybridized carbons (Fsp3) is 0.407.